The highest BCUT2D eigenvalue weighted by Crippen LogP contribution is 2.28. The van der Waals surface area contributed by atoms with Crippen molar-refractivity contribution in [2.75, 3.05) is 13.7 Å². The lowest BCUT2D eigenvalue weighted by Crippen LogP contribution is -2.23. The third kappa shape index (κ3) is 5.29. The average molecular weight is 398 g/mol. The third-order valence-corrected chi connectivity index (χ3v) is 5.05. The molecule has 0 aliphatic carbocycles. The van der Waals surface area contributed by atoms with Crippen LogP contribution >= 0.6 is 11.3 Å². The van der Waals surface area contributed by atoms with Crippen molar-refractivity contribution in [3.8, 4) is 22.1 Å². The van der Waals surface area contributed by atoms with E-state index >= 15 is 0 Å². The molecule has 0 fully saturated rings. The van der Waals surface area contributed by atoms with Gasteiger partial charge < -0.3 is 14.8 Å². The number of aryl methyl sites for hydroxylation is 1. The van der Waals surface area contributed by atoms with Crippen LogP contribution in [0.25, 0.3) is 10.6 Å². The summed E-state index contributed by atoms with van der Waals surface area (Å²) in [7, 11) is 1.61. The van der Waals surface area contributed by atoms with Gasteiger partial charge in [0, 0.05) is 29.8 Å². The minimum absolute atomic E-state index is 0.00804. The van der Waals surface area contributed by atoms with E-state index < -0.39 is 0 Å². The number of pyridine rings is 1. The van der Waals surface area contributed by atoms with Crippen LogP contribution in [0.1, 0.15) is 24.6 Å². The van der Waals surface area contributed by atoms with Crippen LogP contribution < -0.4 is 14.8 Å². The summed E-state index contributed by atoms with van der Waals surface area (Å²) in [6.07, 6.45) is 4.52. The number of hydrogen-bond acceptors (Lipinski definition) is 6. The Morgan fingerprint density at radius 3 is 2.75 bits per heavy atom. The van der Waals surface area contributed by atoms with Crippen LogP contribution in [0.3, 0.4) is 0 Å². The molecule has 2 aromatic heterocycles. The predicted octanol–water partition coefficient (Wildman–Crippen LogP) is 3.86. The van der Waals surface area contributed by atoms with E-state index in [0.29, 0.717) is 37.5 Å². The number of methoxy groups -OCH3 is 1. The number of thiazole rings is 1. The van der Waals surface area contributed by atoms with Gasteiger partial charge in [-0.3, -0.25) is 9.78 Å². The fraction of sp³-hybridized carbons (Fsp3) is 0.286. The van der Waals surface area contributed by atoms with Crippen molar-refractivity contribution in [2.24, 2.45) is 0 Å². The van der Waals surface area contributed by atoms with Gasteiger partial charge in [0.1, 0.15) is 5.01 Å². The topological polar surface area (TPSA) is 73.3 Å². The molecule has 0 unspecified atom stereocenters. The van der Waals surface area contributed by atoms with Gasteiger partial charge in [0.2, 0.25) is 5.91 Å². The normalized spacial score (nSPS) is 10.5. The molecule has 28 heavy (non-hydrogen) atoms. The number of carbonyl (C=O) groups excluding carboxylic acids is 1. The minimum Gasteiger partial charge on any atom is -0.493 e. The molecule has 7 heteroatoms. The van der Waals surface area contributed by atoms with E-state index in [2.05, 4.69) is 15.3 Å². The molecule has 1 aromatic carbocycles. The summed E-state index contributed by atoms with van der Waals surface area (Å²) in [6, 6.07) is 9.60. The maximum absolute atomic E-state index is 12.2. The molecule has 0 aliphatic rings. The van der Waals surface area contributed by atoms with E-state index in [1.807, 2.05) is 42.6 Å². The molecule has 0 saturated heterocycles. The van der Waals surface area contributed by atoms with E-state index in [4.69, 9.17) is 9.47 Å². The monoisotopic (exact) mass is 397 g/mol. The van der Waals surface area contributed by atoms with Crippen LogP contribution in [0.4, 0.5) is 0 Å². The summed E-state index contributed by atoms with van der Waals surface area (Å²) in [4.78, 5) is 20.8. The fourth-order valence-corrected chi connectivity index (χ4v) is 3.52. The number of amides is 1. The molecule has 3 rings (SSSR count). The number of hydrogen-bond donors (Lipinski definition) is 1. The number of carbonyl (C=O) groups is 1. The van der Waals surface area contributed by atoms with Gasteiger partial charge in [0.15, 0.2) is 11.5 Å². The molecular formula is C21H23N3O3S. The maximum atomic E-state index is 12.2. The lowest BCUT2D eigenvalue weighted by atomic mass is 10.1. The van der Waals surface area contributed by atoms with E-state index in [1.54, 1.807) is 30.8 Å². The largest absolute Gasteiger partial charge is 0.493 e. The second-order valence-corrected chi connectivity index (χ2v) is 6.93. The molecule has 2 heterocycles. The van der Waals surface area contributed by atoms with Crippen LogP contribution in [0, 0.1) is 0 Å². The Hall–Kier alpha value is -2.93. The number of rotatable bonds is 9. The van der Waals surface area contributed by atoms with E-state index in [-0.39, 0.29) is 5.91 Å². The number of nitrogens with zero attached hydrogens (tertiary/aromatic N) is 2. The number of aromatic nitrogens is 2. The van der Waals surface area contributed by atoms with Crippen LogP contribution in [0.5, 0.6) is 11.5 Å². The summed E-state index contributed by atoms with van der Waals surface area (Å²) in [6.45, 7) is 2.94. The van der Waals surface area contributed by atoms with E-state index in [1.165, 1.54) is 0 Å². The summed E-state index contributed by atoms with van der Waals surface area (Å²) in [5.41, 5.74) is 2.92. The minimum atomic E-state index is -0.00804. The summed E-state index contributed by atoms with van der Waals surface area (Å²) >= 11 is 1.56. The summed E-state index contributed by atoms with van der Waals surface area (Å²) in [5, 5.41) is 5.82. The van der Waals surface area contributed by atoms with E-state index in [0.717, 1.165) is 21.8 Å². The van der Waals surface area contributed by atoms with Crippen molar-refractivity contribution < 1.29 is 14.3 Å². The predicted molar refractivity (Wildman–Crippen MR) is 110 cm³/mol. The zero-order valence-electron chi connectivity index (χ0n) is 16.0. The van der Waals surface area contributed by atoms with Gasteiger partial charge in [0.05, 0.1) is 26.0 Å². The second-order valence-electron chi connectivity index (χ2n) is 6.07. The van der Waals surface area contributed by atoms with Gasteiger partial charge in [-0.25, -0.2) is 4.98 Å². The molecule has 0 aliphatic heterocycles. The molecule has 1 amide bonds. The molecular weight excluding hydrogens is 374 g/mol. The molecule has 0 bridgehead atoms. The Morgan fingerprint density at radius 2 is 2.00 bits per heavy atom. The highest BCUT2D eigenvalue weighted by molar-refractivity contribution is 7.13. The maximum Gasteiger partial charge on any atom is 0.220 e. The molecule has 0 spiro atoms. The van der Waals surface area contributed by atoms with Crippen LogP contribution in [-0.2, 0) is 17.8 Å². The highest BCUT2D eigenvalue weighted by Gasteiger charge is 2.09. The van der Waals surface area contributed by atoms with Gasteiger partial charge in [0.25, 0.3) is 0 Å². The Bertz CT molecular complexity index is 912. The van der Waals surface area contributed by atoms with Gasteiger partial charge in [-0.15, -0.1) is 11.3 Å². The smallest absolute Gasteiger partial charge is 0.220 e. The molecule has 3 aromatic rings. The van der Waals surface area contributed by atoms with Crippen molar-refractivity contribution in [1.82, 2.24) is 15.3 Å². The van der Waals surface area contributed by atoms with Gasteiger partial charge in [-0.1, -0.05) is 6.07 Å². The zero-order valence-corrected chi connectivity index (χ0v) is 16.8. The van der Waals surface area contributed by atoms with Crippen molar-refractivity contribution in [3.63, 3.8) is 0 Å². The first-order chi connectivity index (χ1) is 13.7. The third-order valence-electron chi connectivity index (χ3n) is 4.11. The molecule has 146 valence electrons. The summed E-state index contributed by atoms with van der Waals surface area (Å²) in [5.74, 6) is 1.39. The second kappa shape index (κ2) is 9.85. The highest BCUT2D eigenvalue weighted by atomic mass is 32.1. The quantitative estimate of drug-likeness (QED) is 0.593. The van der Waals surface area contributed by atoms with Gasteiger partial charge >= 0.3 is 0 Å². The average Bonchev–Trinajstić information content (AvgIpc) is 3.21. The fourth-order valence-electron chi connectivity index (χ4n) is 2.69. The van der Waals surface area contributed by atoms with E-state index in [9.17, 15) is 4.79 Å². The van der Waals surface area contributed by atoms with Crippen molar-refractivity contribution in [3.05, 3.63) is 59.4 Å². The zero-order chi connectivity index (χ0) is 19.8. The van der Waals surface area contributed by atoms with Crippen LogP contribution in [0.15, 0.2) is 48.1 Å². The van der Waals surface area contributed by atoms with Crippen molar-refractivity contribution >= 4 is 17.2 Å². The van der Waals surface area contributed by atoms with Gasteiger partial charge in [-0.05, 0) is 43.2 Å². The lowest BCUT2D eigenvalue weighted by Gasteiger charge is -2.11. The van der Waals surface area contributed by atoms with Crippen molar-refractivity contribution in [1.29, 1.82) is 0 Å². The Labute approximate surface area is 168 Å². The standard InChI is InChI=1S/C21H23N3O3S/c1-3-27-18-6-4-15(12-19(18)26-2)5-7-20(25)23-13-17-14-28-21(24-17)16-8-10-22-11-9-16/h4,6,8-12,14H,3,5,7,13H2,1-2H3,(H,23,25). The molecule has 0 atom stereocenters. The Balaban J connectivity index is 1.49. The SMILES string of the molecule is CCOc1ccc(CCC(=O)NCc2csc(-c3ccncc3)n2)cc1OC. The van der Waals surface area contributed by atoms with Gasteiger partial charge in [-0.2, -0.15) is 0 Å². The molecule has 0 saturated carbocycles. The van der Waals surface area contributed by atoms with Crippen LogP contribution in [0.2, 0.25) is 0 Å². The lowest BCUT2D eigenvalue weighted by molar-refractivity contribution is -0.121. The van der Waals surface area contributed by atoms with Crippen molar-refractivity contribution in [2.45, 2.75) is 26.3 Å². The molecule has 1 N–H and O–H groups in total. The first kappa shape index (κ1) is 19.8. The molecule has 0 radical (unpaired) electrons. The summed E-state index contributed by atoms with van der Waals surface area (Å²) < 4.78 is 10.9. The molecule has 6 nitrogen and oxygen atoms in total. The Morgan fingerprint density at radius 1 is 1.18 bits per heavy atom. The number of ether oxygens (including phenoxy) is 2. The Kier molecular flexibility index (Phi) is 6.97. The number of benzene rings is 1. The number of nitrogens with one attached hydrogen (secondary N) is 1. The first-order valence-corrected chi connectivity index (χ1v) is 9.98. The first-order valence-electron chi connectivity index (χ1n) is 9.10. The van der Waals surface area contributed by atoms with Crippen LogP contribution in [-0.4, -0.2) is 29.6 Å².